The fourth-order valence-corrected chi connectivity index (χ4v) is 3.28. The molecular weight excluding hydrogens is 337 g/mol. The van der Waals surface area contributed by atoms with E-state index in [0.717, 1.165) is 19.3 Å². The molecule has 2 amide bonds. The summed E-state index contributed by atoms with van der Waals surface area (Å²) in [6.07, 6.45) is 4.67. The van der Waals surface area contributed by atoms with Gasteiger partial charge in [0, 0.05) is 18.2 Å². The van der Waals surface area contributed by atoms with Gasteiger partial charge in [-0.2, -0.15) is 0 Å². The zero-order valence-corrected chi connectivity index (χ0v) is 14.5. The Bertz CT molecular complexity index is 818. The molecule has 138 valence electrons. The topological polar surface area (TPSA) is 97.4 Å². The Balaban J connectivity index is 1.66. The third kappa shape index (κ3) is 4.11. The summed E-state index contributed by atoms with van der Waals surface area (Å²) in [5.74, 6) is -0.605. The van der Waals surface area contributed by atoms with Gasteiger partial charge in [0.1, 0.15) is 11.6 Å². The van der Waals surface area contributed by atoms with Gasteiger partial charge >= 0.3 is 0 Å². The molecule has 0 radical (unpaired) electrons. The van der Waals surface area contributed by atoms with E-state index < -0.39 is 11.7 Å². The number of nitrogens with two attached hydrogens (primary N) is 1. The van der Waals surface area contributed by atoms with Gasteiger partial charge in [-0.15, -0.1) is 0 Å². The molecule has 0 spiro atoms. The molecule has 1 aromatic heterocycles. The van der Waals surface area contributed by atoms with E-state index in [1.54, 1.807) is 6.92 Å². The number of benzene rings is 1. The minimum absolute atomic E-state index is 0.00836. The van der Waals surface area contributed by atoms with E-state index in [4.69, 9.17) is 10.2 Å². The summed E-state index contributed by atoms with van der Waals surface area (Å²) in [4.78, 5) is 24.4. The summed E-state index contributed by atoms with van der Waals surface area (Å²) in [5, 5.41) is 5.25. The van der Waals surface area contributed by atoms with Crippen molar-refractivity contribution < 1.29 is 18.4 Å². The minimum Gasteiger partial charge on any atom is -0.469 e. The van der Waals surface area contributed by atoms with Crippen molar-refractivity contribution in [2.45, 2.75) is 38.6 Å². The molecule has 6 nitrogen and oxygen atoms in total. The monoisotopic (exact) mass is 359 g/mol. The number of hydrogen-bond acceptors (Lipinski definition) is 4. The number of carbonyl (C=O) groups excluding carboxylic acids is 2. The average molecular weight is 359 g/mol. The molecule has 1 aliphatic rings. The van der Waals surface area contributed by atoms with E-state index >= 15 is 0 Å². The van der Waals surface area contributed by atoms with E-state index in [9.17, 15) is 14.0 Å². The van der Waals surface area contributed by atoms with Gasteiger partial charge in [-0.05, 0) is 49.9 Å². The third-order valence-electron chi connectivity index (χ3n) is 4.77. The van der Waals surface area contributed by atoms with Crippen LogP contribution in [0.15, 0.2) is 34.9 Å². The highest BCUT2D eigenvalue weighted by Gasteiger charge is 2.26. The van der Waals surface area contributed by atoms with Crippen LogP contribution in [0.25, 0.3) is 0 Å². The van der Waals surface area contributed by atoms with Crippen LogP contribution in [0, 0.1) is 18.7 Å². The summed E-state index contributed by atoms with van der Waals surface area (Å²) in [5.41, 5.74) is 6.73. The normalized spacial score (nSPS) is 19.3. The van der Waals surface area contributed by atoms with Crippen LogP contribution >= 0.6 is 0 Å². The maximum Gasteiger partial charge on any atom is 0.259 e. The van der Waals surface area contributed by atoms with Gasteiger partial charge in [0.2, 0.25) is 5.91 Å². The van der Waals surface area contributed by atoms with Crippen molar-refractivity contribution in [1.29, 1.82) is 0 Å². The molecule has 0 bridgehead atoms. The Hall–Kier alpha value is -2.67. The molecule has 0 saturated heterocycles. The molecule has 2 aromatic rings. The maximum absolute atomic E-state index is 14.0. The van der Waals surface area contributed by atoms with Gasteiger partial charge in [-0.25, -0.2) is 4.39 Å². The summed E-state index contributed by atoms with van der Waals surface area (Å²) >= 11 is 0. The largest absolute Gasteiger partial charge is 0.469 e. The van der Waals surface area contributed by atoms with Crippen LogP contribution in [0.4, 0.5) is 15.8 Å². The van der Waals surface area contributed by atoms with Gasteiger partial charge in [0.15, 0.2) is 0 Å². The van der Waals surface area contributed by atoms with Crippen LogP contribution in [-0.2, 0) is 4.79 Å². The molecule has 1 fully saturated rings. The van der Waals surface area contributed by atoms with Crippen molar-refractivity contribution in [2.75, 3.05) is 10.6 Å². The van der Waals surface area contributed by atoms with Crippen molar-refractivity contribution in [2.24, 2.45) is 11.7 Å². The van der Waals surface area contributed by atoms with Gasteiger partial charge < -0.3 is 20.8 Å². The number of aryl methyl sites for hydroxylation is 1. The first-order valence-corrected chi connectivity index (χ1v) is 8.64. The number of amides is 2. The van der Waals surface area contributed by atoms with Gasteiger partial charge in [-0.3, -0.25) is 9.59 Å². The zero-order chi connectivity index (χ0) is 18.7. The molecule has 7 heteroatoms. The number of halogens is 1. The molecule has 2 atom stereocenters. The number of furan rings is 1. The molecule has 1 saturated carbocycles. The Labute approximate surface area is 150 Å². The minimum atomic E-state index is -0.588. The first-order valence-electron chi connectivity index (χ1n) is 8.64. The fourth-order valence-electron chi connectivity index (χ4n) is 3.28. The summed E-state index contributed by atoms with van der Waals surface area (Å²) in [6, 6.07) is 5.63. The number of carbonyl (C=O) groups is 2. The third-order valence-corrected chi connectivity index (χ3v) is 4.77. The van der Waals surface area contributed by atoms with Crippen molar-refractivity contribution in [3.8, 4) is 0 Å². The van der Waals surface area contributed by atoms with Crippen LogP contribution in [0.3, 0.4) is 0 Å². The second-order valence-electron chi connectivity index (χ2n) is 6.65. The highest BCUT2D eigenvalue weighted by Crippen LogP contribution is 2.27. The van der Waals surface area contributed by atoms with Gasteiger partial charge in [-0.1, -0.05) is 6.42 Å². The second-order valence-corrected chi connectivity index (χ2v) is 6.65. The summed E-state index contributed by atoms with van der Waals surface area (Å²) in [7, 11) is 0. The fraction of sp³-hybridized carbons (Fsp3) is 0.368. The van der Waals surface area contributed by atoms with Crippen molar-refractivity contribution in [1.82, 2.24) is 0 Å². The zero-order valence-electron chi connectivity index (χ0n) is 14.5. The van der Waals surface area contributed by atoms with Crippen molar-refractivity contribution in [3.05, 3.63) is 47.7 Å². The Morgan fingerprint density at radius 2 is 2.08 bits per heavy atom. The van der Waals surface area contributed by atoms with E-state index in [0.29, 0.717) is 23.4 Å². The second kappa shape index (κ2) is 7.70. The molecule has 0 unspecified atom stereocenters. The Morgan fingerprint density at radius 1 is 1.27 bits per heavy atom. The lowest BCUT2D eigenvalue weighted by molar-refractivity contribution is -0.117. The molecule has 0 aliphatic heterocycles. The highest BCUT2D eigenvalue weighted by molar-refractivity contribution is 6.05. The molecule has 4 N–H and O–H groups in total. The van der Waals surface area contributed by atoms with E-state index in [-0.39, 0.29) is 23.6 Å². The van der Waals surface area contributed by atoms with Crippen molar-refractivity contribution in [3.63, 3.8) is 0 Å². The lowest BCUT2D eigenvalue weighted by atomic mass is 10.00. The standard InChI is InChI=1S/C19H22FN3O3/c1-11-14(7-8-26-11)19(25)23-17-10-13(5-6-15(17)20)22-18(24)9-12-3-2-4-16(12)21/h5-8,10,12,16H,2-4,9,21H2,1H3,(H,22,24)(H,23,25)/t12-,16+/m0/s1. The number of rotatable bonds is 5. The molecule has 3 rings (SSSR count). The number of anilines is 2. The predicted molar refractivity (Wildman–Crippen MR) is 96.4 cm³/mol. The van der Waals surface area contributed by atoms with E-state index in [1.165, 1.54) is 30.5 Å². The van der Waals surface area contributed by atoms with Gasteiger partial charge in [0.05, 0.1) is 17.5 Å². The quantitative estimate of drug-likeness (QED) is 0.762. The first kappa shape index (κ1) is 18.1. The molecule has 1 aliphatic carbocycles. The van der Waals surface area contributed by atoms with Crippen LogP contribution < -0.4 is 16.4 Å². The number of nitrogens with one attached hydrogen (secondary N) is 2. The van der Waals surface area contributed by atoms with Crippen LogP contribution in [0.2, 0.25) is 0 Å². The van der Waals surface area contributed by atoms with Crippen LogP contribution in [-0.4, -0.2) is 17.9 Å². The first-order chi connectivity index (χ1) is 12.4. The Morgan fingerprint density at radius 3 is 2.73 bits per heavy atom. The van der Waals surface area contributed by atoms with E-state index in [2.05, 4.69) is 10.6 Å². The maximum atomic E-state index is 14.0. The predicted octanol–water partition coefficient (Wildman–Crippen LogP) is 3.44. The van der Waals surface area contributed by atoms with Crippen molar-refractivity contribution >= 4 is 23.2 Å². The van der Waals surface area contributed by atoms with Crippen LogP contribution in [0.5, 0.6) is 0 Å². The smallest absolute Gasteiger partial charge is 0.259 e. The summed E-state index contributed by atoms with van der Waals surface area (Å²) < 4.78 is 19.1. The number of hydrogen-bond donors (Lipinski definition) is 3. The molecule has 26 heavy (non-hydrogen) atoms. The summed E-state index contributed by atoms with van der Waals surface area (Å²) in [6.45, 7) is 1.65. The van der Waals surface area contributed by atoms with Gasteiger partial charge in [0.25, 0.3) is 5.91 Å². The van der Waals surface area contributed by atoms with Crippen LogP contribution in [0.1, 0.15) is 41.8 Å². The lowest BCUT2D eigenvalue weighted by Gasteiger charge is -2.15. The highest BCUT2D eigenvalue weighted by atomic mass is 19.1. The lowest BCUT2D eigenvalue weighted by Crippen LogP contribution is -2.28. The Kier molecular flexibility index (Phi) is 5.37. The molecule has 1 heterocycles. The molecular formula is C19H22FN3O3. The molecule has 1 aromatic carbocycles. The SMILES string of the molecule is Cc1occc1C(=O)Nc1cc(NC(=O)C[C@@H]2CCC[C@H]2N)ccc1F. The van der Waals surface area contributed by atoms with E-state index in [1.807, 2.05) is 0 Å². The average Bonchev–Trinajstić information content (AvgIpc) is 3.19.